The highest BCUT2D eigenvalue weighted by Gasteiger charge is 2.34. The molecule has 2 heterocycles. The van der Waals surface area contributed by atoms with Crippen molar-refractivity contribution in [3.63, 3.8) is 0 Å². The maximum atomic E-state index is 2.30. The number of rotatable bonds is 0. The number of benzene rings is 2. The van der Waals surface area contributed by atoms with E-state index in [4.69, 9.17) is 0 Å². The lowest BCUT2D eigenvalue weighted by atomic mass is 9.38. The lowest BCUT2D eigenvalue weighted by Gasteiger charge is -2.37. The van der Waals surface area contributed by atoms with Gasteiger partial charge in [-0.25, -0.2) is 0 Å². The minimum Gasteiger partial charge on any atom is -0.353 e. The Bertz CT molecular complexity index is 693. The van der Waals surface area contributed by atoms with E-state index < -0.39 is 0 Å². The molecule has 19 heavy (non-hydrogen) atoms. The van der Waals surface area contributed by atoms with E-state index in [1.54, 1.807) is 0 Å². The van der Waals surface area contributed by atoms with Crippen molar-refractivity contribution in [1.29, 1.82) is 0 Å². The van der Waals surface area contributed by atoms with Crippen LogP contribution in [0.2, 0.25) is 0 Å². The quantitative estimate of drug-likeness (QED) is 0.655. The molecule has 0 N–H and O–H groups in total. The normalized spacial score (nSPS) is 15.4. The molecule has 0 atom stereocenters. The Balaban J connectivity index is 2.06. The van der Waals surface area contributed by atoms with Crippen molar-refractivity contribution in [2.75, 3.05) is 23.9 Å². The van der Waals surface area contributed by atoms with Crippen LogP contribution in [0.3, 0.4) is 0 Å². The van der Waals surface area contributed by atoms with E-state index in [9.17, 15) is 0 Å². The zero-order chi connectivity index (χ0) is 13.0. The van der Waals surface area contributed by atoms with Crippen LogP contribution in [-0.4, -0.2) is 20.8 Å². The van der Waals surface area contributed by atoms with Crippen LogP contribution in [0.4, 0.5) is 17.1 Å². The van der Waals surface area contributed by atoms with Gasteiger partial charge in [0, 0.05) is 31.2 Å². The van der Waals surface area contributed by atoms with Gasteiger partial charge in [-0.3, -0.25) is 0 Å². The first kappa shape index (κ1) is 10.7. The highest BCUT2D eigenvalue weighted by atomic mass is 15.1. The van der Waals surface area contributed by atoms with E-state index in [0.29, 0.717) is 6.71 Å². The summed E-state index contributed by atoms with van der Waals surface area (Å²) in [4.78, 5) is 4.51. The third-order valence-electron chi connectivity index (χ3n) is 4.25. The lowest BCUT2D eigenvalue weighted by Crippen LogP contribution is -2.52. The van der Waals surface area contributed by atoms with Crippen LogP contribution < -0.4 is 20.7 Å². The Kier molecular flexibility index (Phi) is 2.07. The molecule has 0 aliphatic carbocycles. The lowest BCUT2D eigenvalue weighted by molar-refractivity contribution is 1.18. The fraction of sp³-hybridized carbons (Fsp3) is 0.125. The van der Waals surface area contributed by atoms with Crippen LogP contribution in [0.5, 0.6) is 0 Å². The Labute approximate surface area is 114 Å². The SMILES string of the molecule is CN1C=CB2c3ccccc3N(C)c3cccc1c32. The van der Waals surface area contributed by atoms with Crippen LogP contribution in [0.25, 0.3) is 0 Å². The summed E-state index contributed by atoms with van der Waals surface area (Å²) in [6.07, 6.45) is 2.18. The van der Waals surface area contributed by atoms with E-state index in [1.807, 2.05) is 0 Å². The Morgan fingerprint density at radius 2 is 1.58 bits per heavy atom. The van der Waals surface area contributed by atoms with Crippen molar-refractivity contribution in [2.45, 2.75) is 0 Å². The summed E-state index contributed by atoms with van der Waals surface area (Å²) in [6.45, 7) is 0.384. The molecular formula is C16H15BN2. The molecule has 2 aromatic carbocycles. The third-order valence-corrected chi connectivity index (χ3v) is 4.25. The van der Waals surface area contributed by atoms with Crippen molar-refractivity contribution in [3.8, 4) is 0 Å². The predicted molar refractivity (Wildman–Crippen MR) is 83.5 cm³/mol. The molecule has 0 aromatic heterocycles. The number of nitrogens with zero attached hydrogens (tertiary/aromatic N) is 2. The molecule has 3 heteroatoms. The Morgan fingerprint density at radius 3 is 2.47 bits per heavy atom. The first-order valence-corrected chi connectivity index (χ1v) is 6.64. The van der Waals surface area contributed by atoms with E-state index in [-0.39, 0.29) is 0 Å². The average Bonchev–Trinajstić information content (AvgIpc) is 2.46. The van der Waals surface area contributed by atoms with Gasteiger partial charge in [0.05, 0.1) is 0 Å². The van der Waals surface area contributed by atoms with E-state index in [0.717, 1.165) is 0 Å². The van der Waals surface area contributed by atoms with Gasteiger partial charge in [0.15, 0.2) is 0 Å². The van der Waals surface area contributed by atoms with E-state index in [1.165, 1.54) is 28.0 Å². The van der Waals surface area contributed by atoms with Gasteiger partial charge in [0.2, 0.25) is 6.71 Å². The largest absolute Gasteiger partial charge is 0.353 e. The van der Waals surface area contributed by atoms with Gasteiger partial charge in [-0.2, -0.15) is 0 Å². The third kappa shape index (κ3) is 1.33. The second-order valence-corrected chi connectivity index (χ2v) is 5.26. The molecule has 0 spiro atoms. The molecule has 0 unspecified atom stereocenters. The fourth-order valence-corrected chi connectivity index (χ4v) is 3.30. The van der Waals surface area contributed by atoms with Gasteiger partial charge in [-0.1, -0.05) is 30.2 Å². The summed E-state index contributed by atoms with van der Waals surface area (Å²) in [5.41, 5.74) is 6.76. The molecule has 0 fully saturated rings. The Hall–Kier alpha value is -2.16. The van der Waals surface area contributed by atoms with Crippen LogP contribution in [0.15, 0.2) is 54.6 Å². The highest BCUT2D eigenvalue weighted by molar-refractivity contribution is 6.93. The van der Waals surface area contributed by atoms with Gasteiger partial charge in [0.1, 0.15) is 0 Å². The number of para-hydroxylation sites is 1. The first-order chi connectivity index (χ1) is 9.27. The minimum atomic E-state index is 0.384. The van der Waals surface area contributed by atoms with Crippen molar-refractivity contribution in [3.05, 3.63) is 54.6 Å². The Morgan fingerprint density at radius 1 is 0.842 bits per heavy atom. The van der Waals surface area contributed by atoms with Crippen LogP contribution in [0.1, 0.15) is 0 Å². The van der Waals surface area contributed by atoms with Crippen LogP contribution in [0, 0.1) is 0 Å². The molecule has 2 aromatic rings. The zero-order valence-electron chi connectivity index (χ0n) is 11.2. The van der Waals surface area contributed by atoms with E-state index in [2.05, 4.69) is 78.5 Å². The molecular weight excluding hydrogens is 231 g/mol. The minimum absolute atomic E-state index is 0.384. The van der Waals surface area contributed by atoms with Gasteiger partial charge in [0.25, 0.3) is 0 Å². The second kappa shape index (κ2) is 3.67. The molecule has 2 nitrogen and oxygen atoms in total. The average molecular weight is 246 g/mol. The molecule has 2 aliphatic rings. The molecule has 0 bridgehead atoms. The highest BCUT2D eigenvalue weighted by Crippen LogP contribution is 2.31. The summed E-state index contributed by atoms with van der Waals surface area (Å²) in [5.74, 6) is 2.30. The molecule has 0 radical (unpaired) electrons. The second-order valence-electron chi connectivity index (χ2n) is 5.26. The molecule has 92 valence electrons. The number of hydrogen-bond acceptors (Lipinski definition) is 2. The topological polar surface area (TPSA) is 6.48 Å². The standard InChI is InChI=1S/C16H15BN2/c1-18-11-10-17-12-6-3-4-7-13(12)19(2)15-9-5-8-14(18)16(15)17/h3-11H,1-2H3. The monoisotopic (exact) mass is 246 g/mol. The molecule has 0 amide bonds. The van der Waals surface area contributed by atoms with Gasteiger partial charge < -0.3 is 9.80 Å². The van der Waals surface area contributed by atoms with Crippen LogP contribution in [-0.2, 0) is 0 Å². The van der Waals surface area contributed by atoms with Gasteiger partial charge in [-0.05, 0) is 35.3 Å². The first-order valence-electron chi connectivity index (χ1n) is 6.64. The van der Waals surface area contributed by atoms with E-state index >= 15 is 0 Å². The van der Waals surface area contributed by atoms with Crippen molar-refractivity contribution in [2.24, 2.45) is 0 Å². The smallest absolute Gasteiger partial charge is 0.243 e. The van der Waals surface area contributed by atoms with Crippen molar-refractivity contribution >= 4 is 34.7 Å². The van der Waals surface area contributed by atoms with Crippen LogP contribution >= 0.6 is 0 Å². The van der Waals surface area contributed by atoms with Gasteiger partial charge in [-0.15, -0.1) is 0 Å². The molecule has 2 aliphatic heterocycles. The molecule has 0 saturated heterocycles. The summed E-state index contributed by atoms with van der Waals surface area (Å²) >= 11 is 0. The summed E-state index contributed by atoms with van der Waals surface area (Å²) in [7, 11) is 4.27. The van der Waals surface area contributed by atoms with Gasteiger partial charge >= 0.3 is 0 Å². The predicted octanol–water partition coefficient (Wildman–Crippen LogP) is 1.88. The maximum Gasteiger partial charge on any atom is 0.243 e. The maximum absolute atomic E-state index is 2.30. The summed E-state index contributed by atoms with van der Waals surface area (Å²) < 4.78 is 0. The molecule has 0 saturated carbocycles. The zero-order valence-corrected chi connectivity index (χ0v) is 11.2. The number of hydrogen-bond donors (Lipinski definition) is 0. The van der Waals surface area contributed by atoms with Crippen molar-refractivity contribution < 1.29 is 0 Å². The molecule has 4 rings (SSSR count). The fourth-order valence-electron chi connectivity index (χ4n) is 3.30. The number of fused-ring (bicyclic) bond motifs is 2. The summed E-state index contributed by atoms with van der Waals surface area (Å²) in [6, 6.07) is 15.3. The van der Waals surface area contributed by atoms with Crippen molar-refractivity contribution in [1.82, 2.24) is 0 Å². The number of anilines is 3. The summed E-state index contributed by atoms with van der Waals surface area (Å²) in [5, 5.41) is 0.